The van der Waals surface area contributed by atoms with Crippen molar-refractivity contribution in [1.82, 2.24) is 4.90 Å². The minimum atomic E-state index is 0.256. The number of hydrogen-bond donors (Lipinski definition) is 1. The Bertz CT molecular complexity index is 666. The van der Waals surface area contributed by atoms with E-state index in [0.717, 1.165) is 18.8 Å². The average Bonchev–Trinajstić information content (AvgIpc) is 2.87. The van der Waals surface area contributed by atoms with Crippen LogP contribution in [0.5, 0.6) is 5.75 Å². The third kappa shape index (κ3) is 2.07. The van der Waals surface area contributed by atoms with E-state index in [1.165, 1.54) is 16.3 Å². The summed E-state index contributed by atoms with van der Waals surface area (Å²) in [5, 5.41) is 2.40. The molecule has 1 unspecified atom stereocenters. The zero-order valence-corrected chi connectivity index (χ0v) is 11.8. The molecule has 0 radical (unpaired) electrons. The summed E-state index contributed by atoms with van der Waals surface area (Å²) in [6, 6.07) is 12.9. The Hall–Kier alpha value is -2.23. The number of methoxy groups -OCH3 is 1. The summed E-state index contributed by atoms with van der Waals surface area (Å²) in [5.41, 5.74) is 7.19. The first-order valence-electron chi connectivity index (χ1n) is 6.87. The molecule has 0 bridgehead atoms. The van der Waals surface area contributed by atoms with Crippen molar-refractivity contribution < 1.29 is 4.74 Å². The normalized spacial score (nSPS) is 18.4. The molecule has 0 saturated heterocycles. The summed E-state index contributed by atoms with van der Waals surface area (Å²) < 4.78 is 5.26. The number of hydrogen-bond acceptors (Lipinski definition) is 4. The van der Waals surface area contributed by atoms with Gasteiger partial charge in [-0.2, -0.15) is 0 Å². The van der Waals surface area contributed by atoms with E-state index in [9.17, 15) is 0 Å². The average molecular weight is 269 g/mol. The van der Waals surface area contributed by atoms with Gasteiger partial charge in [-0.3, -0.25) is 4.99 Å². The number of rotatable bonds is 3. The zero-order chi connectivity index (χ0) is 14.1. The first-order valence-corrected chi connectivity index (χ1v) is 6.87. The SMILES string of the molecule is CCN1C(N)=NCC1c1ccc2cc(OC)ccc2c1. The highest BCUT2D eigenvalue weighted by Crippen LogP contribution is 2.29. The summed E-state index contributed by atoms with van der Waals surface area (Å²) in [5.74, 6) is 1.53. The summed E-state index contributed by atoms with van der Waals surface area (Å²) in [6.07, 6.45) is 0. The second-order valence-electron chi connectivity index (χ2n) is 4.97. The maximum Gasteiger partial charge on any atom is 0.191 e. The molecule has 2 aromatic rings. The number of aliphatic imine (C=N–C) groups is 1. The van der Waals surface area contributed by atoms with Gasteiger partial charge in [-0.15, -0.1) is 0 Å². The maximum atomic E-state index is 5.93. The molecule has 4 heteroatoms. The maximum absolute atomic E-state index is 5.93. The lowest BCUT2D eigenvalue weighted by atomic mass is 10.0. The summed E-state index contributed by atoms with van der Waals surface area (Å²) in [4.78, 5) is 6.50. The van der Waals surface area contributed by atoms with Crippen molar-refractivity contribution in [2.75, 3.05) is 20.2 Å². The highest BCUT2D eigenvalue weighted by atomic mass is 16.5. The van der Waals surface area contributed by atoms with Gasteiger partial charge in [-0.1, -0.05) is 18.2 Å². The van der Waals surface area contributed by atoms with Gasteiger partial charge in [-0.25, -0.2) is 0 Å². The summed E-state index contributed by atoms with van der Waals surface area (Å²) in [6.45, 7) is 3.72. The van der Waals surface area contributed by atoms with E-state index in [1.807, 2.05) is 6.07 Å². The Morgan fingerprint density at radius 1 is 1.25 bits per heavy atom. The molecule has 0 spiro atoms. The molecule has 0 saturated carbocycles. The van der Waals surface area contributed by atoms with E-state index in [-0.39, 0.29) is 6.04 Å². The van der Waals surface area contributed by atoms with Gasteiger partial charge in [0.15, 0.2) is 5.96 Å². The second-order valence-corrected chi connectivity index (χ2v) is 4.97. The van der Waals surface area contributed by atoms with Gasteiger partial charge in [0.2, 0.25) is 0 Å². The third-order valence-corrected chi connectivity index (χ3v) is 3.89. The predicted octanol–water partition coefficient (Wildman–Crippen LogP) is 2.54. The van der Waals surface area contributed by atoms with Crippen molar-refractivity contribution in [3.8, 4) is 5.75 Å². The fourth-order valence-corrected chi connectivity index (χ4v) is 2.77. The third-order valence-electron chi connectivity index (χ3n) is 3.89. The quantitative estimate of drug-likeness (QED) is 0.931. The van der Waals surface area contributed by atoms with Crippen molar-refractivity contribution in [3.63, 3.8) is 0 Å². The molecule has 0 fully saturated rings. The highest BCUT2D eigenvalue weighted by Gasteiger charge is 2.25. The van der Waals surface area contributed by atoms with Crippen LogP contribution in [0.3, 0.4) is 0 Å². The van der Waals surface area contributed by atoms with Gasteiger partial charge in [0.05, 0.1) is 19.7 Å². The number of guanidine groups is 1. The van der Waals surface area contributed by atoms with Crippen LogP contribution in [-0.4, -0.2) is 31.1 Å². The van der Waals surface area contributed by atoms with E-state index in [2.05, 4.69) is 47.1 Å². The van der Waals surface area contributed by atoms with Crippen LogP contribution in [-0.2, 0) is 0 Å². The molecule has 20 heavy (non-hydrogen) atoms. The lowest BCUT2D eigenvalue weighted by Crippen LogP contribution is -2.35. The molecule has 1 heterocycles. The van der Waals surface area contributed by atoms with E-state index < -0.39 is 0 Å². The fraction of sp³-hybridized carbons (Fsp3) is 0.312. The van der Waals surface area contributed by atoms with Crippen molar-refractivity contribution in [2.24, 2.45) is 10.7 Å². The molecule has 2 aromatic carbocycles. The second kappa shape index (κ2) is 5.04. The highest BCUT2D eigenvalue weighted by molar-refractivity contribution is 5.85. The van der Waals surface area contributed by atoms with Crippen LogP contribution in [0, 0.1) is 0 Å². The van der Waals surface area contributed by atoms with Gasteiger partial charge >= 0.3 is 0 Å². The van der Waals surface area contributed by atoms with Gasteiger partial charge in [0, 0.05) is 6.54 Å². The smallest absolute Gasteiger partial charge is 0.191 e. The lowest BCUT2D eigenvalue weighted by Gasteiger charge is -2.25. The Morgan fingerprint density at radius 3 is 2.75 bits per heavy atom. The molecule has 3 rings (SSSR count). The van der Waals surface area contributed by atoms with E-state index in [4.69, 9.17) is 10.5 Å². The topological polar surface area (TPSA) is 50.8 Å². The Morgan fingerprint density at radius 2 is 2.00 bits per heavy atom. The molecule has 1 aliphatic rings. The minimum absolute atomic E-state index is 0.256. The lowest BCUT2D eigenvalue weighted by molar-refractivity contribution is 0.364. The summed E-state index contributed by atoms with van der Waals surface area (Å²) in [7, 11) is 1.69. The van der Waals surface area contributed by atoms with Crippen molar-refractivity contribution in [2.45, 2.75) is 13.0 Å². The van der Waals surface area contributed by atoms with Crippen molar-refractivity contribution in [1.29, 1.82) is 0 Å². The van der Waals surface area contributed by atoms with Crippen molar-refractivity contribution >= 4 is 16.7 Å². The molecular weight excluding hydrogens is 250 g/mol. The predicted molar refractivity (Wildman–Crippen MR) is 82.1 cm³/mol. The molecule has 1 aliphatic heterocycles. The van der Waals surface area contributed by atoms with E-state index in [1.54, 1.807) is 7.11 Å². The number of fused-ring (bicyclic) bond motifs is 1. The number of nitrogens with two attached hydrogens (primary N) is 1. The molecular formula is C16H19N3O. The van der Waals surface area contributed by atoms with Crippen LogP contribution >= 0.6 is 0 Å². The fourth-order valence-electron chi connectivity index (χ4n) is 2.77. The van der Waals surface area contributed by atoms with Crippen LogP contribution in [0.4, 0.5) is 0 Å². The number of benzene rings is 2. The van der Waals surface area contributed by atoms with Crippen LogP contribution < -0.4 is 10.5 Å². The Balaban J connectivity index is 1.97. The molecule has 2 N–H and O–H groups in total. The molecule has 4 nitrogen and oxygen atoms in total. The van der Waals surface area contributed by atoms with Gasteiger partial charge in [0.25, 0.3) is 0 Å². The monoisotopic (exact) mass is 269 g/mol. The van der Waals surface area contributed by atoms with Crippen LogP contribution in [0.1, 0.15) is 18.5 Å². The number of nitrogens with zero attached hydrogens (tertiary/aromatic N) is 2. The number of ether oxygens (including phenoxy) is 1. The first kappa shape index (κ1) is 12.8. The number of likely N-dealkylation sites (N-methyl/N-ethyl adjacent to an activating group) is 1. The minimum Gasteiger partial charge on any atom is -0.497 e. The zero-order valence-electron chi connectivity index (χ0n) is 11.8. The standard InChI is InChI=1S/C16H19N3O/c1-3-19-15(10-18-16(19)17)13-5-4-12-9-14(20-2)7-6-11(12)8-13/h4-9,15H,3,10H2,1-2H3,(H2,17,18). The summed E-state index contributed by atoms with van der Waals surface area (Å²) >= 11 is 0. The molecule has 0 amide bonds. The Kier molecular flexibility index (Phi) is 3.22. The van der Waals surface area contributed by atoms with Gasteiger partial charge in [0.1, 0.15) is 5.75 Å². The largest absolute Gasteiger partial charge is 0.497 e. The molecule has 104 valence electrons. The van der Waals surface area contributed by atoms with Gasteiger partial charge < -0.3 is 15.4 Å². The van der Waals surface area contributed by atoms with E-state index >= 15 is 0 Å². The molecule has 0 aromatic heterocycles. The van der Waals surface area contributed by atoms with Crippen LogP contribution in [0.25, 0.3) is 10.8 Å². The van der Waals surface area contributed by atoms with Crippen molar-refractivity contribution in [3.05, 3.63) is 42.0 Å². The van der Waals surface area contributed by atoms with Gasteiger partial charge in [-0.05, 0) is 41.5 Å². The van der Waals surface area contributed by atoms with E-state index in [0.29, 0.717) is 5.96 Å². The first-order chi connectivity index (χ1) is 9.72. The molecule has 1 atom stereocenters. The molecule has 0 aliphatic carbocycles. The Labute approximate surface area is 118 Å². The van der Waals surface area contributed by atoms with Crippen LogP contribution in [0.15, 0.2) is 41.4 Å². The van der Waals surface area contributed by atoms with Crippen LogP contribution in [0.2, 0.25) is 0 Å².